The second kappa shape index (κ2) is 10.5. The van der Waals surface area contributed by atoms with Crippen LogP contribution in [0.4, 0.5) is 16.2 Å². The Balaban J connectivity index is 1.50. The second-order valence-electron chi connectivity index (χ2n) is 8.56. The van der Waals surface area contributed by atoms with Crippen molar-refractivity contribution >= 4 is 61.1 Å². The van der Waals surface area contributed by atoms with Gasteiger partial charge in [-0.2, -0.15) is 0 Å². The smallest absolute Gasteiger partial charge is 0.333 e. The number of thiophene rings is 1. The first-order chi connectivity index (χ1) is 18.7. The van der Waals surface area contributed by atoms with E-state index in [1.165, 1.54) is 22.8 Å². The van der Waals surface area contributed by atoms with Crippen molar-refractivity contribution in [2.45, 2.75) is 11.1 Å². The predicted octanol–water partition coefficient (Wildman–Crippen LogP) is 5.63. The van der Waals surface area contributed by atoms with Gasteiger partial charge in [-0.15, -0.1) is 11.3 Å². The molecule has 0 spiro atoms. The number of hydrogen-bond acceptors (Lipinski definition) is 7. The molecule has 0 atom stereocenters. The predicted molar refractivity (Wildman–Crippen MR) is 156 cm³/mol. The number of benzene rings is 2. The van der Waals surface area contributed by atoms with E-state index in [1.54, 1.807) is 43.7 Å². The van der Waals surface area contributed by atoms with Gasteiger partial charge in [0.15, 0.2) is 0 Å². The number of urea groups is 1. The largest absolute Gasteiger partial charge is 0.388 e. The first-order valence-corrected chi connectivity index (χ1v) is 14.3. The number of aryl methyl sites for hydroxylation is 1. The van der Waals surface area contributed by atoms with Crippen LogP contribution < -0.4 is 20.9 Å². The van der Waals surface area contributed by atoms with Crippen molar-refractivity contribution in [2.24, 2.45) is 0 Å². The van der Waals surface area contributed by atoms with Crippen LogP contribution in [0.5, 0.6) is 0 Å². The normalized spacial score (nSPS) is 11.4. The number of pyridine rings is 2. The molecule has 0 bridgehead atoms. The van der Waals surface area contributed by atoms with E-state index in [9.17, 15) is 18.0 Å². The lowest BCUT2D eigenvalue weighted by Crippen LogP contribution is -2.34. The molecule has 0 aliphatic rings. The number of fused-ring (bicyclic) bond motifs is 1. The molecule has 12 heteroatoms. The summed E-state index contributed by atoms with van der Waals surface area (Å²) in [7, 11) is -2.21. The van der Waals surface area contributed by atoms with Gasteiger partial charge in [0, 0.05) is 52.8 Å². The molecule has 0 saturated carbocycles. The van der Waals surface area contributed by atoms with Crippen LogP contribution >= 0.6 is 22.9 Å². The first kappa shape index (κ1) is 26.4. The Hall–Kier alpha value is -4.19. The molecule has 0 radical (unpaired) electrons. The summed E-state index contributed by atoms with van der Waals surface area (Å²) in [6.45, 7) is 1.77. The van der Waals surface area contributed by atoms with E-state index in [0.29, 0.717) is 11.1 Å². The Kier molecular flexibility index (Phi) is 7.13. The number of nitrogens with one attached hydrogen (secondary N) is 3. The average molecular weight is 580 g/mol. The van der Waals surface area contributed by atoms with E-state index < -0.39 is 16.1 Å². The topological polar surface area (TPSA) is 122 Å². The van der Waals surface area contributed by atoms with Crippen LogP contribution in [0, 0.1) is 6.92 Å². The lowest BCUT2D eigenvalue weighted by Gasteiger charge is -2.15. The number of sulfonamides is 1. The molecule has 3 N–H and O–H groups in total. The minimum absolute atomic E-state index is 0.0334. The van der Waals surface area contributed by atoms with Crippen LogP contribution in [-0.4, -0.2) is 31.0 Å². The number of hydrogen-bond donors (Lipinski definition) is 3. The summed E-state index contributed by atoms with van der Waals surface area (Å²) in [6, 6.07) is 15.9. The zero-order chi connectivity index (χ0) is 27.7. The molecule has 3 heterocycles. The number of nitrogens with zero attached hydrogens (tertiary/aromatic N) is 2. The quantitative estimate of drug-likeness (QED) is 0.240. The highest BCUT2D eigenvalue weighted by atomic mass is 35.5. The molecular weight excluding hydrogens is 558 g/mol. The molecule has 3 aromatic heterocycles. The lowest BCUT2D eigenvalue weighted by molar-refractivity contribution is 0.256. The van der Waals surface area contributed by atoms with E-state index in [1.807, 2.05) is 36.0 Å². The molecular formula is C27H22ClN5O4S2. The van der Waals surface area contributed by atoms with Crippen LogP contribution in [0.3, 0.4) is 0 Å². The number of anilines is 2. The zero-order valence-corrected chi connectivity index (χ0v) is 23.1. The van der Waals surface area contributed by atoms with E-state index in [2.05, 4.69) is 15.6 Å². The fourth-order valence-electron chi connectivity index (χ4n) is 4.10. The van der Waals surface area contributed by atoms with Gasteiger partial charge in [0.25, 0.3) is 15.6 Å². The summed E-state index contributed by atoms with van der Waals surface area (Å²) in [5.41, 5.74) is 2.90. The third kappa shape index (κ3) is 5.37. The fraction of sp³-hybridized carbons (Fsp3) is 0.0741. The van der Waals surface area contributed by atoms with Gasteiger partial charge < -0.3 is 10.6 Å². The van der Waals surface area contributed by atoms with Crippen molar-refractivity contribution in [1.29, 1.82) is 0 Å². The van der Waals surface area contributed by atoms with Crippen LogP contribution in [-0.2, 0) is 10.0 Å². The van der Waals surface area contributed by atoms with Crippen molar-refractivity contribution in [1.82, 2.24) is 14.3 Å². The van der Waals surface area contributed by atoms with Gasteiger partial charge in [-0.3, -0.25) is 14.3 Å². The van der Waals surface area contributed by atoms with Gasteiger partial charge in [0.1, 0.15) is 4.21 Å². The SMILES string of the molecule is CNc1ccc2c(=O)n(-c3ccc(NC(=O)NS(=O)(=O)c4ccc(C)s4)cc3Cl)cc(-c3ccncc3)c2c1. The number of aromatic nitrogens is 2. The molecule has 2 aromatic carbocycles. The van der Waals surface area contributed by atoms with Crippen LogP contribution in [0.1, 0.15) is 4.88 Å². The van der Waals surface area contributed by atoms with E-state index in [-0.39, 0.29) is 20.5 Å². The highest BCUT2D eigenvalue weighted by Crippen LogP contribution is 2.31. The highest BCUT2D eigenvalue weighted by molar-refractivity contribution is 7.92. The molecule has 9 nitrogen and oxygen atoms in total. The Labute approximate surface area is 233 Å². The molecule has 39 heavy (non-hydrogen) atoms. The van der Waals surface area contributed by atoms with Crippen LogP contribution in [0.2, 0.25) is 5.02 Å². The minimum atomic E-state index is -4.01. The third-order valence-electron chi connectivity index (χ3n) is 5.97. The number of halogens is 1. The van der Waals surface area contributed by atoms with Gasteiger partial charge in [-0.1, -0.05) is 11.6 Å². The maximum atomic E-state index is 13.5. The maximum Gasteiger partial charge on any atom is 0.333 e. The highest BCUT2D eigenvalue weighted by Gasteiger charge is 2.20. The molecule has 0 unspecified atom stereocenters. The van der Waals surface area contributed by atoms with E-state index in [0.717, 1.165) is 38.4 Å². The summed E-state index contributed by atoms with van der Waals surface area (Å²) in [5, 5.41) is 7.02. The van der Waals surface area contributed by atoms with Gasteiger partial charge in [0.2, 0.25) is 0 Å². The van der Waals surface area contributed by atoms with Crippen molar-refractivity contribution < 1.29 is 13.2 Å². The summed E-state index contributed by atoms with van der Waals surface area (Å²) < 4.78 is 28.4. The van der Waals surface area contributed by atoms with Crippen molar-refractivity contribution in [3.05, 3.63) is 99.5 Å². The number of amides is 2. The van der Waals surface area contributed by atoms with Gasteiger partial charge in [-0.05, 0) is 78.5 Å². The van der Waals surface area contributed by atoms with E-state index >= 15 is 0 Å². The van der Waals surface area contributed by atoms with Crippen molar-refractivity contribution in [3.63, 3.8) is 0 Å². The molecule has 0 fully saturated rings. The standard InChI is InChI=1S/C27H22ClN5O4S2/c1-16-3-8-25(38-16)39(36,37)32-27(35)31-19-5-7-24(23(28)14-19)33-15-22(17-9-11-30-12-10-17)21-13-18(29-2)4-6-20(21)26(33)34/h3-15,29H,1-2H3,(H2,31,32,35). The lowest BCUT2D eigenvalue weighted by atomic mass is 10.0. The van der Waals surface area contributed by atoms with Crippen molar-refractivity contribution in [2.75, 3.05) is 17.7 Å². The van der Waals surface area contributed by atoms with Gasteiger partial charge >= 0.3 is 6.03 Å². The van der Waals surface area contributed by atoms with Crippen LogP contribution in [0.25, 0.3) is 27.6 Å². The molecule has 0 aliphatic heterocycles. The monoisotopic (exact) mass is 579 g/mol. The van der Waals surface area contributed by atoms with Gasteiger partial charge in [-0.25, -0.2) is 17.9 Å². The average Bonchev–Trinajstić information content (AvgIpc) is 3.37. The Morgan fingerprint density at radius 3 is 2.38 bits per heavy atom. The molecule has 5 aromatic rings. The Morgan fingerprint density at radius 1 is 0.974 bits per heavy atom. The number of carbonyl (C=O) groups is 1. The number of carbonyl (C=O) groups excluding carboxylic acids is 1. The Bertz CT molecular complexity index is 1890. The minimum Gasteiger partial charge on any atom is -0.388 e. The van der Waals surface area contributed by atoms with Gasteiger partial charge in [0.05, 0.1) is 10.7 Å². The van der Waals surface area contributed by atoms with Crippen molar-refractivity contribution in [3.8, 4) is 16.8 Å². The van der Waals surface area contributed by atoms with E-state index in [4.69, 9.17) is 11.6 Å². The Morgan fingerprint density at radius 2 is 1.72 bits per heavy atom. The summed E-state index contributed by atoms with van der Waals surface area (Å²) in [6.07, 6.45) is 5.07. The second-order valence-corrected chi connectivity index (χ2v) is 12.2. The third-order valence-corrected chi connectivity index (χ3v) is 9.10. The summed E-state index contributed by atoms with van der Waals surface area (Å²) in [4.78, 5) is 30.9. The maximum absolute atomic E-state index is 13.5. The molecule has 198 valence electrons. The first-order valence-electron chi connectivity index (χ1n) is 11.6. The zero-order valence-electron chi connectivity index (χ0n) is 20.7. The molecule has 2 amide bonds. The molecule has 0 aliphatic carbocycles. The summed E-state index contributed by atoms with van der Waals surface area (Å²) in [5.74, 6) is 0. The number of rotatable bonds is 6. The fourth-order valence-corrected chi connectivity index (χ4v) is 6.56. The van der Waals surface area contributed by atoms with Crippen LogP contribution in [0.15, 0.2) is 88.3 Å². The molecule has 0 saturated heterocycles. The molecule has 5 rings (SSSR count). The summed E-state index contributed by atoms with van der Waals surface area (Å²) >= 11 is 7.64.